The molecule has 0 radical (unpaired) electrons. The number of alkyl carbamates (subject to hydrolysis) is 1. The molecule has 0 atom stereocenters. The summed E-state index contributed by atoms with van der Waals surface area (Å²) in [6.07, 6.45) is 2.70. The van der Waals surface area contributed by atoms with E-state index in [1.165, 1.54) is 6.07 Å². The zero-order chi connectivity index (χ0) is 14.5. The Bertz CT molecular complexity index is 481. The third kappa shape index (κ3) is 6.25. The smallest absolute Gasteiger partial charge is 0.407 e. The molecule has 0 saturated heterocycles. The van der Waals surface area contributed by atoms with Gasteiger partial charge in [-0.25, -0.2) is 9.18 Å². The standard InChI is InChI=1S/C14H17ClFNO2/c1-14(2,3)19-13(18)17-8-4-5-10-6-7-11(15)9-12(10)16/h4-7,9H,8H2,1-3H3,(H,17,18). The monoisotopic (exact) mass is 285 g/mol. The van der Waals surface area contributed by atoms with Gasteiger partial charge in [-0.1, -0.05) is 29.8 Å². The van der Waals surface area contributed by atoms with Crippen molar-refractivity contribution >= 4 is 23.8 Å². The minimum atomic E-state index is -0.532. The molecule has 104 valence electrons. The van der Waals surface area contributed by atoms with E-state index in [9.17, 15) is 9.18 Å². The van der Waals surface area contributed by atoms with E-state index >= 15 is 0 Å². The molecule has 0 aromatic heterocycles. The van der Waals surface area contributed by atoms with Crippen molar-refractivity contribution in [2.45, 2.75) is 26.4 Å². The summed E-state index contributed by atoms with van der Waals surface area (Å²) < 4.78 is 18.5. The molecule has 0 aliphatic heterocycles. The molecule has 19 heavy (non-hydrogen) atoms. The van der Waals surface area contributed by atoms with Crippen molar-refractivity contribution in [2.75, 3.05) is 6.54 Å². The van der Waals surface area contributed by atoms with Gasteiger partial charge in [0.25, 0.3) is 0 Å². The summed E-state index contributed by atoms with van der Waals surface area (Å²) in [5.41, 5.74) is -0.119. The summed E-state index contributed by atoms with van der Waals surface area (Å²) in [5, 5.41) is 2.89. The Hall–Kier alpha value is -1.55. The molecule has 5 heteroatoms. The first-order chi connectivity index (χ1) is 8.78. The van der Waals surface area contributed by atoms with Crippen LogP contribution in [0.3, 0.4) is 0 Å². The minimum Gasteiger partial charge on any atom is -0.444 e. The van der Waals surface area contributed by atoms with Gasteiger partial charge < -0.3 is 10.1 Å². The van der Waals surface area contributed by atoms with E-state index < -0.39 is 17.5 Å². The zero-order valence-corrected chi connectivity index (χ0v) is 11.9. The average molecular weight is 286 g/mol. The fourth-order valence-corrected chi connectivity index (χ4v) is 1.44. The fourth-order valence-electron chi connectivity index (χ4n) is 1.28. The molecule has 1 N–H and O–H groups in total. The predicted molar refractivity (Wildman–Crippen MR) is 74.7 cm³/mol. The van der Waals surface area contributed by atoms with Crippen LogP contribution in [0, 0.1) is 5.82 Å². The SMILES string of the molecule is CC(C)(C)OC(=O)NCC=Cc1ccc(Cl)cc1F. The van der Waals surface area contributed by atoms with Crippen LogP contribution < -0.4 is 5.32 Å². The lowest BCUT2D eigenvalue weighted by molar-refractivity contribution is 0.0534. The van der Waals surface area contributed by atoms with Gasteiger partial charge in [0.15, 0.2) is 0 Å². The van der Waals surface area contributed by atoms with E-state index in [2.05, 4.69) is 5.32 Å². The minimum absolute atomic E-state index is 0.261. The molecule has 0 fully saturated rings. The van der Waals surface area contributed by atoms with Crippen molar-refractivity contribution < 1.29 is 13.9 Å². The van der Waals surface area contributed by atoms with Crippen LogP contribution in [0.2, 0.25) is 5.02 Å². The van der Waals surface area contributed by atoms with Crippen LogP contribution in [0.15, 0.2) is 24.3 Å². The summed E-state index contributed by atoms with van der Waals surface area (Å²) >= 11 is 5.64. The van der Waals surface area contributed by atoms with Crippen LogP contribution in [0.5, 0.6) is 0 Å². The predicted octanol–water partition coefficient (Wildman–Crippen LogP) is 4.02. The van der Waals surface area contributed by atoms with E-state index in [-0.39, 0.29) is 6.54 Å². The number of amides is 1. The van der Waals surface area contributed by atoms with Gasteiger partial charge in [-0.05, 0) is 32.9 Å². The lowest BCUT2D eigenvalue weighted by Gasteiger charge is -2.19. The first-order valence-electron chi connectivity index (χ1n) is 5.86. The van der Waals surface area contributed by atoms with Gasteiger partial charge in [-0.15, -0.1) is 0 Å². The highest BCUT2D eigenvalue weighted by atomic mass is 35.5. The number of hydrogen-bond acceptors (Lipinski definition) is 2. The molecule has 3 nitrogen and oxygen atoms in total. The molecule has 1 aromatic carbocycles. The highest BCUT2D eigenvalue weighted by Crippen LogP contribution is 2.15. The number of hydrogen-bond donors (Lipinski definition) is 1. The summed E-state index contributed by atoms with van der Waals surface area (Å²) in [7, 11) is 0. The van der Waals surface area contributed by atoms with Crippen molar-refractivity contribution in [3.63, 3.8) is 0 Å². The second-order valence-electron chi connectivity index (χ2n) is 4.95. The maximum Gasteiger partial charge on any atom is 0.407 e. The van der Waals surface area contributed by atoms with E-state index in [1.807, 2.05) is 0 Å². The number of carbonyl (C=O) groups is 1. The second-order valence-corrected chi connectivity index (χ2v) is 5.39. The third-order valence-electron chi connectivity index (χ3n) is 2.02. The molecule has 0 aliphatic carbocycles. The number of ether oxygens (including phenoxy) is 1. The van der Waals surface area contributed by atoms with Crippen LogP contribution in [-0.2, 0) is 4.74 Å². The molecule has 1 aromatic rings. The Morgan fingerprint density at radius 1 is 1.47 bits per heavy atom. The first-order valence-corrected chi connectivity index (χ1v) is 6.24. The lowest BCUT2D eigenvalue weighted by Crippen LogP contribution is -2.32. The number of halogens is 2. The van der Waals surface area contributed by atoms with Crippen LogP contribution in [0.4, 0.5) is 9.18 Å². The number of carbonyl (C=O) groups excluding carboxylic acids is 1. The van der Waals surface area contributed by atoms with Gasteiger partial charge in [-0.3, -0.25) is 0 Å². The maximum absolute atomic E-state index is 13.4. The van der Waals surface area contributed by atoms with Crippen molar-refractivity contribution in [2.24, 2.45) is 0 Å². The lowest BCUT2D eigenvalue weighted by atomic mass is 10.2. The summed E-state index contributed by atoms with van der Waals surface area (Å²) in [6, 6.07) is 4.41. The summed E-state index contributed by atoms with van der Waals surface area (Å²) in [4.78, 5) is 11.3. The van der Waals surface area contributed by atoms with Crippen molar-refractivity contribution in [3.05, 3.63) is 40.7 Å². The van der Waals surface area contributed by atoms with Crippen LogP contribution in [-0.4, -0.2) is 18.2 Å². The van der Waals surface area contributed by atoms with E-state index in [4.69, 9.17) is 16.3 Å². The summed E-state index contributed by atoms with van der Waals surface area (Å²) in [6.45, 7) is 5.61. The Balaban J connectivity index is 2.44. The molecule has 0 bridgehead atoms. The van der Waals surface area contributed by atoms with Crippen LogP contribution in [0.1, 0.15) is 26.3 Å². The quantitative estimate of drug-likeness (QED) is 0.911. The molecular weight excluding hydrogens is 269 g/mol. The Labute approximate surface area is 117 Å². The van der Waals surface area contributed by atoms with Gasteiger partial charge in [0.2, 0.25) is 0 Å². The first kappa shape index (κ1) is 15.5. The van der Waals surface area contributed by atoms with Gasteiger partial charge in [0.05, 0.1) is 0 Å². The van der Waals surface area contributed by atoms with E-state index in [0.29, 0.717) is 10.6 Å². The van der Waals surface area contributed by atoms with Gasteiger partial charge in [-0.2, -0.15) is 0 Å². The van der Waals surface area contributed by atoms with Crippen LogP contribution >= 0.6 is 11.6 Å². The Morgan fingerprint density at radius 2 is 2.16 bits per heavy atom. The van der Waals surface area contributed by atoms with Gasteiger partial charge in [0.1, 0.15) is 11.4 Å². The molecule has 0 saturated carbocycles. The molecule has 1 amide bonds. The molecule has 0 aliphatic rings. The van der Waals surface area contributed by atoms with Gasteiger partial charge in [0, 0.05) is 17.1 Å². The average Bonchev–Trinajstić information content (AvgIpc) is 2.24. The molecular formula is C14H17ClFNO2. The Morgan fingerprint density at radius 3 is 2.74 bits per heavy atom. The fraction of sp³-hybridized carbons (Fsp3) is 0.357. The number of rotatable bonds is 3. The van der Waals surface area contributed by atoms with E-state index in [1.54, 1.807) is 45.1 Å². The largest absolute Gasteiger partial charge is 0.444 e. The van der Waals surface area contributed by atoms with Crippen molar-refractivity contribution in [1.82, 2.24) is 5.32 Å². The topological polar surface area (TPSA) is 38.3 Å². The number of benzene rings is 1. The normalized spacial score (nSPS) is 11.6. The molecule has 1 rings (SSSR count). The summed E-state index contributed by atoms with van der Waals surface area (Å²) in [5.74, 6) is -0.402. The van der Waals surface area contributed by atoms with Gasteiger partial charge >= 0.3 is 6.09 Å². The van der Waals surface area contributed by atoms with Crippen LogP contribution in [0.25, 0.3) is 6.08 Å². The maximum atomic E-state index is 13.4. The van der Waals surface area contributed by atoms with E-state index in [0.717, 1.165) is 0 Å². The third-order valence-corrected chi connectivity index (χ3v) is 2.26. The Kier molecular flexibility index (Phi) is 5.36. The van der Waals surface area contributed by atoms with Crippen molar-refractivity contribution in [1.29, 1.82) is 0 Å². The molecule has 0 unspecified atom stereocenters. The highest BCUT2D eigenvalue weighted by Gasteiger charge is 2.14. The molecule has 0 heterocycles. The number of nitrogens with one attached hydrogen (secondary N) is 1. The zero-order valence-electron chi connectivity index (χ0n) is 11.2. The van der Waals surface area contributed by atoms with Crippen molar-refractivity contribution in [3.8, 4) is 0 Å². The second kappa shape index (κ2) is 6.57. The molecule has 0 spiro atoms. The highest BCUT2D eigenvalue weighted by molar-refractivity contribution is 6.30.